The summed E-state index contributed by atoms with van der Waals surface area (Å²) in [4.78, 5) is 0. The molecule has 0 rings (SSSR count). The van der Waals surface area contributed by atoms with Gasteiger partial charge in [-0.3, -0.25) is 0 Å². The van der Waals surface area contributed by atoms with Crippen molar-refractivity contribution in [2.75, 3.05) is 0 Å². The van der Waals surface area contributed by atoms with Crippen molar-refractivity contribution in [2.45, 2.75) is 100 Å². The lowest BCUT2D eigenvalue weighted by Gasteiger charge is -2.05. The van der Waals surface area contributed by atoms with Crippen LogP contribution in [0.1, 0.15) is 100 Å². The molecule has 0 aliphatic carbocycles. The van der Waals surface area contributed by atoms with Crippen LogP contribution in [0.25, 0.3) is 0 Å². The van der Waals surface area contributed by atoms with Crippen LogP contribution in [0.2, 0.25) is 0 Å². The van der Waals surface area contributed by atoms with Crippen LogP contribution >= 0.6 is 0 Å². The number of rotatable bonds is 9. The van der Waals surface area contributed by atoms with Crippen LogP contribution in [-0.4, -0.2) is 0 Å². The van der Waals surface area contributed by atoms with Crippen LogP contribution < -0.4 is 0 Å². The second kappa shape index (κ2) is 14.4. The van der Waals surface area contributed by atoms with Crippen molar-refractivity contribution in [3.05, 3.63) is 0 Å². The maximum atomic E-state index is 2.30. The molecule has 0 aliphatic rings. The Labute approximate surface area is 124 Å². The quantitative estimate of drug-likeness (QED) is 0.385. The van der Waals surface area contributed by atoms with E-state index in [0.717, 1.165) is 23.7 Å². The van der Waals surface area contributed by atoms with Crippen molar-refractivity contribution in [1.82, 2.24) is 0 Å². The molecule has 0 saturated heterocycles. The molecule has 0 aromatic carbocycles. The fraction of sp³-hybridized carbons (Fsp3) is 1.00. The molecule has 0 nitrogen and oxygen atoms in total. The van der Waals surface area contributed by atoms with Crippen molar-refractivity contribution >= 4 is 0 Å². The highest BCUT2D eigenvalue weighted by Gasteiger charge is 1.96. The van der Waals surface area contributed by atoms with E-state index in [1.807, 2.05) is 0 Å². The highest BCUT2D eigenvalue weighted by Crippen LogP contribution is 2.12. The van der Waals surface area contributed by atoms with E-state index in [4.69, 9.17) is 0 Å². The Kier molecular flexibility index (Phi) is 16.2. The maximum absolute atomic E-state index is 2.30. The van der Waals surface area contributed by atoms with E-state index < -0.39 is 0 Å². The molecule has 0 heterocycles. The summed E-state index contributed by atoms with van der Waals surface area (Å²) in [7, 11) is 0. The predicted octanol–water partition coefficient (Wildman–Crippen LogP) is 7.33. The summed E-state index contributed by atoms with van der Waals surface area (Å²) in [6.45, 7) is 18.4. The fourth-order valence-electron chi connectivity index (χ4n) is 2.04. The van der Waals surface area contributed by atoms with Crippen LogP contribution in [-0.2, 0) is 0 Å². The monoisotopic (exact) mass is 270 g/mol. The van der Waals surface area contributed by atoms with Gasteiger partial charge in [-0.2, -0.15) is 0 Å². The van der Waals surface area contributed by atoms with Gasteiger partial charge in [0.05, 0.1) is 0 Å². The standard InChI is InChI=1S/C10H22.C9H20/c1-9(2)7-5-6-8-10(3)4;1-8(2)6-5-7-9(3)4/h9-10H,5-8H2,1-4H3;8-9H,5-7H2,1-4H3. The third-order valence-electron chi connectivity index (χ3n) is 3.38. The van der Waals surface area contributed by atoms with Gasteiger partial charge in [0.15, 0.2) is 0 Å². The van der Waals surface area contributed by atoms with Gasteiger partial charge in [0, 0.05) is 0 Å². The number of hydrogen-bond donors (Lipinski definition) is 0. The van der Waals surface area contributed by atoms with E-state index in [1.165, 1.54) is 44.9 Å². The van der Waals surface area contributed by atoms with Gasteiger partial charge in [-0.25, -0.2) is 0 Å². The Morgan fingerprint density at radius 1 is 0.368 bits per heavy atom. The Morgan fingerprint density at radius 3 is 0.789 bits per heavy atom. The zero-order chi connectivity index (χ0) is 15.3. The first kappa shape index (κ1) is 21.3. The van der Waals surface area contributed by atoms with Crippen LogP contribution in [0.5, 0.6) is 0 Å². The van der Waals surface area contributed by atoms with Crippen LogP contribution in [0.4, 0.5) is 0 Å². The molecule has 0 fully saturated rings. The molecule has 0 amide bonds. The lowest BCUT2D eigenvalue weighted by Crippen LogP contribution is -1.90. The Morgan fingerprint density at radius 2 is 0.579 bits per heavy atom. The first-order valence-corrected chi connectivity index (χ1v) is 8.75. The van der Waals surface area contributed by atoms with Crippen molar-refractivity contribution in [3.63, 3.8) is 0 Å². The van der Waals surface area contributed by atoms with Crippen molar-refractivity contribution in [2.24, 2.45) is 23.7 Å². The topological polar surface area (TPSA) is 0 Å². The van der Waals surface area contributed by atoms with Crippen molar-refractivity contribution in [3.8, 4) is 0 Å². The second-order valence-electron chi connectivity index (χ2n) is 7.79. The molecule has 0 saturated carbocycles. The maximum Gasteiger partial charge on any atom is -0.0471 e. The average Bonchev–Trinajstić information content (AvgIpc) is 2.23. The largest absolute Gasteiger partial charge is 0.0628 e. The normalized spacial score (nSPS) is 11.4. The average molecular weight is 271 g/mol. The predicted molar refractivity (Wildman–Crippen MR) is 91.7 cm³/mol. The molecular formula is C19H42. The minimum absolute atomic E-state index is 0.892. The van der Waals surface area contributed by atoms with Crippen molar-refractivity contribution in [1.29, 1.82) is 0 Å². The van der Waals surface area contributed by atoms with E-state index in [2.05, 4.69) is 55.4 Å². The summed E-state index contributed by atoms with van der Waals surface area (Å²) in [5, 5.41) is 0. The molecule has 0 aromatic heterocycles. The van der Waals surface area contributed by atoms with E-state index >= 15 is 0 Å². The molecule has 0 N–H and O–H groups in total. The molecule has 0 radical (unpaired) electrons. The number of hydrogen-bond acceptors (Lipinski definition) is 0. The van der Waals surface area contributed by atoms with E-state index in [1.54, 1.807) is 0 Å². The molecule has 0 bridgehead atoms. The summed E-state index contributed by atoms with van der Waals surface area (Å²) in [6, 6.07) is 0. The number of unbranched alkanes of at least 4 members (excludes halogenated alkanes) is 1. The molecule has 0 aromatic rings. The molecule has 0 unspecified atom stereocenters. The van der Waals surface area contributed by atoms with Gasteiger partial charge in [-0.05, 0) is 23.7 Å². The van der Waals surface area contributed by atoms with Gasteiger partial charge in [-0.15, -0.1) is 0 Å². The summed E-state index contributed by atoms with van der Waals surface area (Å²) < 4.78 is 0. The molecule has 0 atom stereocenters. The smallest absolute Gasteiger partial charge is 0.0471 e. The van der Waals surface area contributed by atoms with Crippen LogP contribution in [0.15, 0.2) is 0 Å². The molecule has 0 aliphatic heterocycles. The lowest BCUT2D eigenvalue weighted by atomic mass is 10.0. The van der Waals surface area contributed by atoms with Gasteiger partial charge in [0.2, 0.25) is 0 Å². The highest BCUT2D eigenvalue weighted by molar-refractivity contribution is 4.50. The van der Waals surface area contributed by atoms with E-state index in [0.29, 0.717) is 0 Å². The summed E-state index contributed by atoms with van der Waals surface area (Å²) in [5.41, 5.74) is 0. The SMILES string of the molecule is CC(C)CCCC(C)C.CC(C)CCCCC(C)C. The zero-order valence-electron chi connectivity index (χ0n) is 15.3. The molecule has 19 heavy (non-hydrogen) atoms. The molecule has 0 spiro atoms. The van der Waals surface area contributed by atoms with Gasteiger partial charge in [0.25, 0.3) is 0 Å². The second-order valence-corrected chi connectivity index (χ2v) is 7.79. The van der Waals surface area contributed by atoms with Gasteiger partial charge in [0.1, 0.15) is 0 Å². The third-order valence-corrected chi connectivity index (χ3v) is 3.38. The molecule has 118 valence electrons. The van der Waals surface area contributed by atoms with Gasteiger partial charge in [-0.1, -0.05) is 100 Å². The van der Waals surface area contributed by atoms with Crippen molar-refractivity contribution < 1.29 is 0 Å². The molecule has 0 heteroatoms. The third kappa shape index (κ3) is 27.3. The summed E-state index contributed by atoms with van der Waals surface area (Å²) in [6.07, 6.45) is 9.89. The zero-order valence-corrected chi connectivity index (χ0v) is 15.3. The first-order chi connectivity index (χ1) is 8.75. The minimum atomic E-state index is 0.892. The Balaban J connectivity index is 0. The Hall–Kier alpha value is 0. The van der Waals surface area contributed by atoms with Gasteiger partial charge >= 0.3 is 0 Å². The van der Waals surface area contributed by atoms with E-state index in [9.17, 15) is 0 Å². The molecular weight excluding hydrogens is 228 g/mol. The first-order valence-electron chi connectivity index (χ1n) is 8.75. The summed E-state index contributed by atoms with van der Waals surface area (Å²) >= 11 is 0. The summed E-state index contributed by atoms with van der Waals surface area (Å²) in [5.74, 6) is 3.58. The van der Waals surface area contributed by atoms with Gasteiger partial charge < -0.3 is 0 Å². The highest BCUT2D eigenvalue weighted by atomic mass is 14.0. The van der Waals surface area contributed by atoms with Crippen LogP contribution in [0, 0.1) is 23.7 Å². The minimum Gasteiger partial charge on any atom is -0.0628 e. The Bertz CT molecular complexity index is 135. The fourth-order valence-corrected chi connectivity index (χ4v) is 2.04. The lowest BCUT2D eigenvalue weighted by molar-refractivity contribution is 0.480. The van der Waals surface area contributed by atoms with Crippen LogP contribution in [0.3, 0.4) is 0 Å². The van der Waals surface area contributed by atoms with E-state index in [-0.39, 0.29) is 0 Å².